The van der Waals surface area contributed by atoms with Gasteiger partial charge in [0.05, 0.1) is 22.4 Å². The normalized spacial score (nSPS) is 12.1. The third-order valence-electron chi connectivity index (χ3n) is 6.15. The number of rotatable bonds is 6. The first kappa shape index (κ1) is 24.7. The molecule has 0 bridgehead atoms. The monoisotopic (exact) mass is 439 g/mol. The summed E-state index contributed by atoms with van der Waals surface area (Å²) in [6.07, 6.45) is 2.99. The van der Waals surface area contributed by atoms with Gasteiger partial charge in [-0.1, -0.05) is 53.5 Å². The summed E-state index contributed by atoms with van der Waals surface area (Å²) in [4.78, 5) is 21.2. The molecule has 1 amide bonds. The number of hydrogen-bond donors (Lipinski definition) is 1. The van der Waals surface area contributed by atoms with E-state index < -0.39 is 25.5 Å². The molecule has 0 aromatic carbocycles. The zero-order valence-corrected chi connectivity index (χ0v) is 20.9. The molecule has 2 rings (SSSR count). The van der Waals surface area contributed by atoms with Crippen molar-refractivity contribution in [3.8, 4) is 11.5 Å². The number of pyridine rings is 2. The topological polar surface area (TPSA) is 54.9 Å². The van der Waals surface area contributed by atoms with Crippen molar-refractivity contribution < 1.29 is 9.18 Å². The van der Waals surface area contributed by atoms with Crippen LogP contribution in [0.25, 0.3) is 0 Å². The van der Waals surface area contributed by atoms with Crippen LogP contribution in [-0.2, 0) is 5.54 Å². The number of hydrogen-bond acceptors (Lipinski definition) is 3. The fourth-order valence-corrected chi connectivity index (χ4v) is 9.70. The minimum Gasteiger partial charge on any atom is -0.341 e. The van der Waals surface area contributed by atoms with Crippen molar-refractivity contribution in [2.45, 2.75) is 77.6 Å². The maximum absolute atomic E-state index is 14.8. The highest BCUT2D eigenvalue weighted by Gasteiger charge is 2.41. The molecule has 31 heavy (non-hydrogen) atoms. The van der Waals surface area contributed by atoms with Crippen molar-refractivity contribution >= 4 is 14.0 Å². The van der Waals surface area contributed by atoms with E-state index in [1.165, 1.54) is 12.3 Å². The molecular weight excluding hydrogens is 405 g/mol. The Bertz CT molecular complexity index is 953. The van der Waals surface area contributed by atoms with Gasteiger partial charge in [-0.15, -0.1) is 5.54 Å². The van der Waals surface area contributed by atoms with Gasteiger partial charge >= 0.3 is 0 Å². The van der Waals surface area contributed by atoms with Gasteiger partial charge in [-0.05, 0) is 48.7 Å². The van der Waals surface area contributed by atoms with Crippen LogP contribution in [0.5, 0.6) is 0 Å². The summed E-state index contributed by atoms with van der Waals surface area (Å²) in [5, 5.41) is 2.97. The van der Waals surface area contributed by atoms with Crippen LogP contribution in [0.15, 0.2) is 36.7 Å². The number of nitrogens with one attached hydrogen (secondary N) is 1. The second kappa shape index (κ2) is 9.74. The van der Waals surface area contributed by atoms with Crippen molar-refractivity contribution in [3.63, 3.8) is 0 Å². The molecule has 0 aliphatic heterocycles. The first-order chi connectivity index (χ1) is 14.4. The Balaban J connectivity index is 2.50. The molecule has 0 radical (unpaired) electrons. The van der Waals surface area contributed by atoms with E-state index in [9.17, 15) is 9.18 Å². The molecule has 0 aliphatic rings. The molecule has 2 aromatic rings. The quantitative estimate of drug-likeness (QED) is 0.349. The lowest BCUT2D eigenvalue weighted by atomic mass is 9.98. The van der Waals surface area contributed by atoms with Crippen LogP contribution < -0.4 is 5.32 Å². The Labute approximate surface area is 187 Å². The molecule has 2 aromatic heterocycles. The average molecular weight is 440 g/mol. The van der Waals surface area contributed by atoms with E-state index in [1.54, 1.807) is 6.20 Å². The third-order valence-corrected chi connectivity index (χ3v) is 12.4. The summed E-state index contributed by atoms with van der Waals surface area (Å²) in [6, 6.07) is 7.07. The number of amides is 1. The van der Waals surface area contributed by atoms with Crippen LogP contribution in [0.4, 0.5) is 4.39 Å². The molecule has 0 aliphatic carbocycles. The Morgan fingerprint density at radius 3 is 2.13 bits per heavy atom. The maximum Gasteiger partial charge on any atom is 0.253 e. The lowest BCUT2D eigenvalue weighted by molar-refractivity contribution is 0.0909. The summed E-state index contributed by atoms with van der Waals surface area (Å²) in [5.74, 6) is 1.96. The molecule has 4 nitrogen and oxygen atoms in total. The molecule has 6 heteroatoms. The Hall–Kier alpha value is -2.52. The highest BCUT2D eigenvalue weighted by molar-refractivity contribution is 6.90. The number of carbonyl (C=O) groups excluding carboxylic acids is 1. The molecule has 1 N–H and O–H groups in total. The van der Waals surface area contributed by atoms with Gasteiger partial charge < -0.3 is 5.32 Å². The van der Waals surface area contributed by atoms with Crippen molar-refractivity contribution in [2.24, 2.45) is 0 Å². The summed E-state index contributed by atoms with van der Waals surface area (Å²) >= 11 is 0. The van der Waals surface area contributed by atoms with Gasteiger partial charge in [0, 0.05) is 12.4 Å². The first-order valence-electron chi connectivity index (χ1n) is 10.8. The second-order valence-corrected chi connectivity index (χ2v) is 15.0. The summed E-state index contributed by atoms with van der Waals surface area (Å²) in [7, 11) is -2.09. The smallest absolute Gasteiger partial charge is 0.253 e. The van der Waals surface area contributed by atoms with Crippen LogP contribution in [0.1, 0.15) is 77.0 Å². The third kappa shape index (κ3) is 5.22. The van der Waals surface area contributed by atoms with E-state index in [1.807, 2.05) is 32.0 Å². The zero-order valence-electron chi connectivity index (χ0n) is 19.9. The number of aromatic nitrogens is 2. The van der Waals surface area contributed by atoms with E-state index in [4.69, 9.17) is 0 Å². The van der Waals surface area contributed by atoms with Gasteiger partial charge in [0.2, 0.25) is 5.95 Å². The van der Waals surface area contributed by atoms with Gasteiger partial charge in [0.25, 0.3) is 5.91 Å². The zero-order chi connectivity index (χ0) is 23.4. The van der Waals surface area contributed by atoms with Crippen LogP contribution in [0, 0.1) is 17.4 Å². The van der Waals surface area contributed by atoms with E-state index in [-0.39, 0.29) is 11.1 Å². The molecule has 0 saturated heterocycles. The fourth-order valence-electron chi connectivity index (χ4n) is 4.50. The van der Waals surface area contributed by atoms with Gasteiger partial charge in [0.1, 0.15) is 8.07 Å². The van der Waals surface area contributed by atoms with E-state index in [0.29, 0.717) is 16.6 Å². The van der Waals surface area contributed by atoms with Gasteiger partial charge in [-0.3, -0.25) is 9.78 Å². The lowest BCUT2D eigenvalue weighted by Gasteiger charge is -2.38. The van der Waals surface area contributed by atoms with Crippen molar-refractivity contribution in [1.82, 2.24) is 15.3 Å². The SMILES string of the molecule is CC(C)[Si](C#Cc1c(C(=O)NC(C)(C)c2ccccn2)ccnc1F)(C(C)C)C(C)C. The predicted octanol–water partition coefficient (Wildman–Crippen LogP) is 5.85. The highest BCUT2D eigenvalue weighted by atomic mass is 28.3. The van der Waals surface area contributed by atoms with Crippen molar-refractivity contribution in [1.29, 1.82) is 0 Å². The Morgan fingerprint density at radius 1 is 1.00 bits per heavy atom. The van der Waals surface area contributed by atoms with E-state index in [0.717, 1.165) is 5.69 Å². The molecule has 0 fully saturated rings. The molecule has 0 unspecified atom stereocenters. The van der Waals surface area contributed by atoms with Crippen LogP contribution in [-0.4, -0.2) is 23.9 Å². The minimum absolute atomic E-state index is 0.0654. The van der Waals surface area contributed by atoms with E-state index >= 15 is 0 Å². The van der Waals surface area contributed by atoms with Gasteiger partial charge in [-0.2, -0.15) is 4.39 Å². The average Bonchev–Trinajstić information content (AvgIpc) is 2.68. The Kier molecular flexibility index (Phi) is 7.77. The molecular formula is C25H34FN3OSi. The number of nitrogens with zero attached hydrogens (tertiary/aromatic N) is 2. The Morgan fingerprint density at radius 2 is 1.61 bits per heavy atom. The first-order valence-corrected chi connectivity index (χ1v) is 13.1. The molecule has 0 saturated carbocycles. The summed E-state index contributed by atoms with van der Waals surface area (Å²) in [6.45, 7) is 16.9. The van der Waals surface area contributed by atoms with Gasteiger partial charge in [-0.25, -0.2) is 4.98 Å². The molecule has 0 spiro atoms. The summed E-state index contributed by atoms with van der Waals surface area (Å²) in [5.41, 5.74) is 4.96. The van der Waals surface area contributed by atoms with Crippen LogP contribution >= 0.6 is 0 Å². The summed E-state index contributed by atoms with van der Waals surface area (Å²) < 4.78 is 14.8. The molecule has 166 valence electrons. The standard InChI is InChI=1S/C25H34FN3OSi/c1-17(2)31(18(3)4,19(5)6)16-13-20-21(12-15-28-23(20)26)24(30)29-25(7,8)22-11-9-10-14-27-22/h9-12,14-15,17-19H,1-8H3,(H,29,30). The number of carbonyl (C=O) groups is 1. The van der Waals surface area contributed by atoms with E-state index in [2.05, 4.69) is 68.3 Å². The largest absolute Gasteiger partial charge is 0.341 e. The van der Waals surface area contributed by atoms with Crippen molar-refractivity contribution in [3.05, 3.63) is 59.4 Å². The lowest BCUT2D eigenvalue weighted by Crippen LogP contribution is -2.43. The molecule has 0 atom stereocenters. The highest BCUT2D eigenvalue weighted by Crippen LogP contribution is 2.40. The fraction of sp³-hybridized carbons (Fsp3) is 0.480. The van der Waals surface area contributed by atoms with Gasteiger partial charge in [0.15, 0.2) is 0 Å². The number of halogens is 1. The van der Waals surface area contributed by atoms with Crippen molar-refractivity contribution in [2.75, 3.05) is 0 Å². The molecule has 2 heterocycles. The van der Waals surface area contributed by atoms with Crippen LogP contribution in [0.3, 0.4) is 0 Å². The predicted molar refractivity (Wildman–Crippen MR) is 127 cm³/mol. The maximum atomic E-state index is 14.8. The van der Waals surface area contributed by atoms with Crippen LogP contribution in [0.2, 0.25) is 16.6 Å². The second-order valence-electron chi connectivity index (χ2n) is 9.47. The minimum atomic E-state index is -2.09.